The maximum absolute atomic E-state index is 5.68. The molecule has 0 unspecified atom stereocenters. The van der Waals surface area contributed by atoms with Gasteiger partial charge in [-0.05, 0) is 13.8 Å². The summed E-state index contributed by atoms with van der Waals surface area (Å²) in [6, 6.07) is -2.68. The predicted octanol–water partition coefficient (Wildman–Crippen LogP) is 3.20. The van der Waals surface area contributed by atoms with Gasteiger partial charge in [-0.1, -0.05) is 0 Å². The summed E-state index contributed by atoms with van der Waals surface area (Å²) < 4.78 is -0.655. The molecule has 5 heteroatoms. The van der Waals surface area contributed by atoms with Gasteiger partial charge in [0.2, 0.25) is 0 Å². The fourth-order valence-corrected chi connectivity index (χ4v) is 0. The highest BCUT2D eigenvalue weighted by atomic mass is 35.8. The molecule has 0 heterocycles. The lowest BCUT2D eigenvalue weighted by molar-refractivity contribution is 0.977. The van der Waals surface area contributed by atoms with Gasteiger partial charge in [0, 0.05) is 0 Å². The Morgan fingerprint density at radius 2 is 1.25 bits per heavy atom. The molecule has 0 bridgehead atoms. The summed E-state index contributed by atoms with van der Waals surface area (Å²) in [5.74, 6) is 0. The number of alkyl halides is 1. The molecule has 0 aliphatic carbocycles. The smallest absolute Gasteiger partial charge is 0.124 e. The van der Waals surface area contributed by atoms with E-state index < -0.39 is 10.5 Å². The summed E-state index contributed by atoms with van der Waals surface area (Å²) in [6.45, 7) is 3.40. The Bertz CT molecular complexity index is 66.3. The second-order valence-corrected chi connectivity index (χ2v) is 12.3. The fourth-order valence-electron chi connectivity index (χ4n) is 0. The summed E-state index contributed by atoms with van der Waals surface area (Å²) in [5, 5.41) is 0. The zero-order chi connectivity index (χ0) is 7.00. The third kappa shape index (κ3) is 2.79. The van der Waals surface area contributed by atoms with E-state index in [4.69, 9.17) is 44.8 Å². The summed E-state index contributed by atoms with van der Waals surface area (Å²) in [6.07, 6.45) is 0. The van der Waals surface area contributed by atoms with E-state index in [-0.39, 0.29) is 0 Å². The first-order valence-electron chi connectivity index (χ1n) is 2.01. The standard InChI is InChI=1S/C3H6Cl4Si/c1-3(2,4)8(5,6)7/h1-2H3. The molecular formula is C3H6Cl4Si. The van der Waals surface area contributed by atoms with Gasteiger partial charge >= 0.3 is 6.00 Å². The summed E-state index contributed by atoms with van der Waals surface area (Å²) >= 11 is 22.3. The summed E-state index contributed by atoms with van der Waals surface area (Å²) in [7, 11) is 0. The van der Waals surface area contributed by atoms with Crippen LogP contribution < -0.4 is 0 Å². The molecule has 0 saturated heterocycles. The highest BCUT2D eigenvalue weighted by molar-refractivity contribution is 7.66. The molecule has 0 aliphatic rings. The van der Waals surface area contributed by atoms with E-state index in [1.165, 1.54) is 0 Å². The lowest BCUT2D eigenvalue weighted by Crippen LogP contribution is -2.35. The van der Waals surface area contributed by atoms with Gasteiger partial charge in [-0.15, -0.1) is 44.8 Å². The molecule has 50 valence electrons. The van der Waals surface area contributed by atoms with E-state index >= 15 is 0 Å². The topological polar surface area (TPSA) is 0 Å². The van der Waals surface area contributed by atoms with Crippen molar-refractivity contribution in [3.8, 4) is 0 Å². The molecule has 0 aliphatic heterocycles. The Balaban J connectivity index is 4.02. The highest BCUT2D eigenvalue weighted by Gasteiger charge is 2.42. The molecule has 0 N–H and O–H groups in total. The molecule has 0 aromatic carbocycles. The molecule has 0 atom stereocenters. The van der Waals surface area contributed by atoms with Gasteiger partial charge in [0.15, 0.2) is 0 Å². The molecule has 0 saturated carbocycles. The monoisotopic (exact) mass is 210 g/mol. The van der Waals surface area contributed by atoms with Crippen LogP contribution >= 0.6 is 44.8 Å². The normalized spacial score (nSPS) is 14.2. The van der Waals surface area contributed by atoms with E-state index in [1.807, 2.05) is 0 Å². The Hall–Kier alpha value is 1.38. The van der Waals surface area contributed by atoms with Gasteiger partial charge in [-0.3, -0.25) is 0 Å². The Labute approximate surface area is 69.2 Å². The maximum atomic E-state index is 5.68. The molecule has 0 radical (unpaired) electrons. The zero-order valence-electron chi connectivity index (χ0n) is 4.51. The van der Waals surface area contributed by atoms with Gasteiger partial charge in [-0.25, -0.2) is 0 Å². The van der Waals surface area contributed by atoms with E-state index in [2.05, 4.69) is 0 Å². The minimum Gasteiger partial charge on any atom is -0.124 e. The Morgan fingerprint density at radius 1 is 1.12 bits per heavy atom. The van der Waals surface area contributed by atoms with Crippen LogP contribution in [0.5, 0.6) is 0 Å². The van der Waals surface area contributed by atoms with E-state index in [1.54, 1.807) is 13.8 Å². The molecule has 0 aromatic heterocycles. The van der Waals surface area contributed by atoms with Crippen LogP contribution in [0.1, 0.15) is 13.8 Å². The average molecular weight is 212 g/mol. The van der Waals surface area contributed by atoms with Gasteiger partial charge in [0.1, 0.15) is 0 Å². The number of hydrogen-bond acceptors (Lipinski definition) is 0. The van der Waals surface area contributed by atoms with Crippen molar-refractivity contribution in [2.24, 2.45) is 0 Å². The average Bonchev–Trinajstić information content (AvgIpc) is 1.25. The Morgan fingerprint density at radius 3 is 1.25 bits per heavy atom. The molecule has 0 amide bonds. The molecular weight excluding hydrogens is 206 g/mol. The van der Waals surface area contributed by atoms with Crippen molar-refractivity contribution in [2.45, 2.75) is 18.3 Å². The van der Waals surface area contributed by atoms with Crippen LogP contribution in [0.3, 0.4) is 0 Å². The van der Waals surface area contributed by atoms with Gasteiger partial charge in [-0.2, -0.15) is 0 Å². The van der Waals surface area contributed by atoms with Crippen LogP contribution in [0.25, 0.3) is 0 Å². The molecule has 8 heavy (non-hydrogen) atoms. The fraction of sp³-hybridized carbons (Fsp3) is 1.00. The van der Waals surface area contributed by atoms with Crippen molar-refractivity contribution in [1.29, 1.82) is 0 Å². The van der Waals surface area contributed by atoms with Crippen LogP contribution in [0, 0.1) is 0 Å². The Kier molecular flexibility index (Phi) is 2.99. The SMILES string of the molecule is CC(C)(Cl)[Si](Cl)(Cl)Cl. The van der Waals surface area contributed by atoms with Crippen LogP contribution in [0.4, 0.5) is 0 Å². The van der Waals surface area contributed by atoms with Gasteiger partial charge in [0.05, 0.1) is 4.50 Å². The first kappa shape index (κ1) is 9.38. The van der Waals surface area contributed by atoms with Crippen molar-refractivity contribution >= 4 is 50.8 Å². The van der Waals surface area contributed by atoms with Crippen LogP contribution in [-0.2, 0) is 0 Å². The van der Waals surface area contributed by atoms with Crippen LogP contribution in [0.2, 0.25) is 0 Å². The van der Waals surface area contributed by atoms with Crippen molar-refractivity contribution in [3.63, 3.8) is 0 Å². The molecule has 0 fully saturated rings. The van der Waals surface area contributed by atoms with Gasteiger partial charge < -0.3 is 0 Å². The van der Waals surface area contributed by atoms with Crippen molar-refractivity contribution in [2.75, 3.05) is 0 Å². The van der Waals surface area contributed by atoms with E-state index in [0.717, 1.165) is 0 Å². The lowest BCUT2D eigenvalue weighted by atomic mass is 10.5. The molecule has 0 spiro atoms. The van der Waals surface area contributed by atoms with Gasteiger partial charge in [0.25, 0.3) is 0 Å². The van der Waals surface area contributed by atoms with E-state index in [0.29, 0.717) is 0 Å². The lowest BCUT2D eigenvalue weighted by Gasteiger charge is -2.21. The maximum Gasteiger partial charge on any atom is 0.360 e. The molecule has 0 nitrogen and oxygen atoms in total. The first-order valence-corrected chi connectivity index (χ1v) is 7.42. The first-order chi connectivity index (χ1) is 3.25. The minimum atomic E-state index is -2.68. The zero-order valence-corrected chi connectivity index (χ0v) is 8.54. The third-order valence-corrected chi connectivity index (χ3v) is 8.00. The summed E-state index contributed by atoms with van der Waals surface area (Å²) in [5.41, 5.74) is 0. The number of hydrogen-bond donors (Lipinski definition) is 0. The van der Waals surface area contributed by atoms with Crippen LogP contribution in [-0.4, -0.2) is 10.5 Å². The third-order valence-electron chi connectivity index (χ3n) is 0.674. The van der Waals surface area contributed by atoms with E-state index in [9.17, 15) is 0 Å². The predicted molar refractivity (Wildman–Crippen MR) is 43.2 cm³/mol. The molecule has 0 rings (SSSR count). The van der Waals surface area contributed by atoms with Crippen LogP contribution in [0.15, 0.2) is 0 Å². The second-order valence-electron chi connectivity index (χ2n) is 1.97. The number of rotatable bonds is 1. The van der Waals surface area contributed by atoms with Crippen molar-refractivity contribution < 1.29 is 0 Å². The van der Waals surface area contributed by atoms with Crippen molar-refractivity contribution in [3.05, 3.63) is 0 Å². The minimum absolute atomic E-state index is 0.655. The molecule has 0 aromatic rings. The van der Waals surface area contributed by atoms with Crippen molar-refractivity contribution in [1.82, 2.24) is 0 Å². The quantitative estimate of drug-likeness (QED) is 0.355. The second kappa shape index (κ2) is 2.55. The largest absolute Gasteiger partial charge is 0.360 e. The number of halogens is 4. The highest BCUT2D eigenvalue weighted by Crippen LogP contribution is 2.36. The summed E-state index contributed by atoms with van der Waals surface area (Å²) in [4.78, 5) is 0.